The molecule has 1 spiro atoms. The van der Waals surface area contributed by atoms with Gasteiger partial charge in [-0.05, 0) is 43.2 Å². The maximum absolute atomic E-state index is 12.1. The van der Waals surface area contributed by atoms with Crippen LogP contribution in [-0.4, -0.2) is 54.2 Å². The molecule has 24 heavy (non-hydrogen) atoms. The lowest BCUT2D eigenvalue weighted by molar-refractivity contribution is -0.120. The highest BCUT2D eigenvalue weighted by Crippen LogP contribution is 2.43. The summed E-state index contributed by atoms with van der Waals surface area (Å²) in [4.78, 5) is 19.0. The van der Waals surface area contributed by atoms with E-state index in [1.165, 1.54) is 24.9 Å². The van der Waals surface area contributed by atoms with E-state index >= 15 is 0 Å². The van der Waals surface area contributed by atoms with Gasteiger partial charge in [0.1, 0.15) is 0 Å². The van der Waals surface area contributed by atoms with Gasteiger partial charge in [-0.25, -0.2) is 0 Å². The van der Waals surface area contributed by atoms with Gasteiger partial charge in [-0.15, -0.1) is 0 Å². The Bertz CT molecular complexity index is 563. The first-order valence-corrected chi connectivity index (χ1v) is 9.26. The number of aromatic nitrogens is 1. The molecule has 0 unspecified atom stereocenters. The SMILES string of the molecule is O=C1C[C@@H](c2cccnc2)C2(CCN(CC3CCOCC3)CC2)N1. The average molecular weight is 329 g/mol. The van der Waals surface area contributed by atoms with E-state index in [1.54, 1.807) is 6.20 Å². The minimum absolute atomic E-state index is 0.0632. The number of ether oxygens (including phenoxy) is 1. The van der Waals surface area contributed by atoms with Crippen molar-refractivity contribution in [3.8, 4) is 0 Å². The largest absolute Gasteiger partial charge is 0.381 e. The van der Waals surface area contributed by atoms with Crippen molar-refractivity contribution < 1.29 is 9.53 Å². The average Bonchev–Trinajstić information content (AvgIpc) is 2.95. The summed E-state index contributed by atoms with van der Waals surface area (Å²) in [6.07, 6.45) is 8.81. The Morgan fingerprint density at radius 1 is 1.29 bits per heavy atom. The molecule has 1 N–H and O–H groups in total. The van der Waals surface area contributed by atoms with Gasteiger partial charge in [0.25, 0.3) is 0 Å². The molecule has 5 heteroatoms. The molecule has 3 fully saturated rings. The highest BCUT2D eigenvalue weighted by molar-refractivity contribution is 5.81. The van der Waals surface area contributed by atoms with E-state index in [2.05, 4.69) is 21.3 Å². The molecule has 1 amide bonds. The van der Waals surface area contributed by atoms with Crippen LogP contribution in [0.25, 0.3) is 0 Å². The molecule has 0 aromatic carbocycles. The molecule has 4 rings (SSSR count). The number of likely N-dealkylation sites (tertiary alicyclic amines) is 1. The van der Waals surface area contributed by atoms with Crippen molar-refractivity contribution in [1.82, 2.24) is 15.2 Å². The minimum atomic E-state index is -0.0632. The zero-order valence-corrected chi connectivity index (χ0v) is 14.2. The van der Waals surface area contributed by atoms with Crippen molar-refractivity contribution in [3.63, 3.8) is 0 Å². The van der Waals surface area contributed by atoms with Gasteiger partial charge in [0.2, 0.25) is 5.91 Å². The van der Waals surface area contributed by atoms with Crippen LogP contribution in [0.15, 0.2) is 24.5 Å². The van der Waals surface area contributed by atoms with Crippen LogP contribution in [0, 0.1) is 5.92 Å². The van der Waals surface area contributed by atoms with E-state index in [4.69, 9.17) is 4.74 Å². The van der Waals surface area contributed by atoms with Crippen LogP contribution in [0.1, 0.15) is 43.6 Å². The Balaban J connectivity index is 1.41. The molecule has 3 aliphatic heterocycles. The van der Waals surface area contributed by atoms with Crippen LogP contribution in [0.5, 0.6) is 0 Å². The van der Waals surface area contributed by atoms with Gasteiger partial charge in [-0.2, -0.15) is 0 Å². The first-order chi connectivity index (χ1) is 11.8. The van der Waals surface area contributed by atoms with Crippen LogP contribution in [-0.2, 0) is 9.53 Å². The lowest BCUT2D eigenvalue weighted by atomic mass is 9.74. The predicted molar refractivity (Wildman–Crippen MR) is 91.7 cm³/mol. The maximum atomic E-state index is 12.1. The molecule has 130 valence electrons. The number of pyridine rings is 1. The third-order valence-electron chi connectivity index (χ3n) is 6.14. The Hall–Kier alpha value is -1.46. The van der Waals surface area contributed by atoms with Gasteiger partial charge in [-0.3, -0.25) is 9.78 Å². The smallest absolute Gasteiger partial charge is 0.221 e. The van der Waals surface area contributed by atoms with E-state index in [0.717, 1.165) is 45.1 Å². The molecule has 3 saturated heterocycles. The normalized spacial score (nSPS) is 28.2. The highest BCUT2D eigenvalue weighted by Gasteiger charge is 2.48. The first-order valence-electron chi connectivity index (χ1n) is 9.26. The molecule has 4 heterocycles. The highest BCUT2D eigenvalue weighted by atomic mass is 16.5. The van der Waals surface area contributed by atoms with Gasteiger partial charge in [0, 0.05) is 63.1 Å². The third-order valence-corrected chi connectivity index (χ3v) is 6.14. The lowest BCUT2D eigenvalue weighted by Crippen LogP contribution is -2.54. The summed E-state index contributed by atoms with van der Waals surface area (Å²) in [5.41, 5.74) is 1.14. The molecule has 3 aliphatic rings. The zero-order valence-electron chi connectivity index (χ0n) is 14.2. The van der Waals surface area contributed by atoms with Gasteiger partial charge in [-0.1, -0.05) is 6.07 Å². The molecule has 0 bridgehead atoms. The summed E-state index contributed by atoms with van der Waals surface area (Å²) in [6, 6.07) is 4.10. The topological polar surface area (TPSA) is 54.5 Å². The molecule has 1 atom stereocenters. The molecule has 0 radical (unpaired) electrons. The van der Waals surface area contributed by atoms with Crippen LogP contribution in [0.2, 0.25) is 0 Å². The fourth-order valence-electron chi connectivity index (χ4n) is 4.72. The Morgan fingerprint density at radius 2 is 2.08 bits per heavy atom. The van der Waals surface area contributed by atoms with E-state index in [1.807, 2.05) is 12.3 Å². The monoisotopic (exact) mass is 329 g/mol. The van der Waals surface area contributed by atoms with E-state index < -0.39 is 0 Å². The van der Waals surface area contributed by atoms with Crippen molar-refractivity contribution in [2.45, 2.75) is 43.6 Å². The summed E-state index contributed by atoms with van der Waals surface area (Å²) in [7, 11) is 0. The zero-order chi connectivity index (χ0) is 16.4. The Labute approximate surface area is 143 Å². The van der Waals surface area contributed by atoms with Crippen molar-refractivity contribution >= 4 is 5.91 Å². The van der Waals surface area contributed by atoms with Crippen molar-refractivity contribution in [2.75, 3.05) is 32.8 Å². The molecule has 1 aromatic rings. The van der Waals surface area contributed by atoms with Crippen molar-refractivity contribution in [3.05, 3.63) is 30.1 Å². The molecule has 1 aromatic heterocycles. The standard InChI is InChI=1S/C19H27N3O2/c23-18-12-17(16-2-1-7-20-13-16)19(21-18)5-8-22(9-6-19)14-15-3-10-24-11-4-15/h1-2,7,13,15,17H,3-6,8-12,14H2,(H,21,23)/t17-/m0/s1. The summed E-state index contributed by atoms with van der Waals surface area (Å²) >= 11 is 0. The summed E-state index contributed by atoms with van der Waals surface area (Å²) in [6.45, 7) is 5.18. The fraction of sp³-hybridized carbons (Fsp3) is 0.684. The number of nitrogens with one attached hydrogen (secondary N) is 1. The second-order valence-electron chi connectivity index (χ2n) is 7.60. The van der Waals surface area contributed by atoms with Gasteiger partial charge >= 0.3 is 0 Å². The number of carbonyl (C=O) groups excluding carboxylic acids is 1. The number of hydrogen-bond donors (Lipinski definition) is 1. The van der Waals surface area contributed by atoms with E-state index in [0.29, 0.717) is 6.42 Å². The van der Waals surface area contributed by atoms with Crippen LogP contribution in [0.3, 0.4) is 0 Å². The van der Waals surface area contributed by atoms with Crippen molar-refractivity contribution in [2.24, 2.45) is 5.92 Å². The summed E-state index contributed by atoms with van der Waals surface area (Å²) < 4.78 is 5.47. The molecule has 5 nitrogen and oxygen atoms in total. The molecule has 0 aliphatic carbocycles. The second-order valence-corrected chi connectivity index (χ2v) is 7.60. The quantitative estimate of drug-likeness (QED) is 0.921. The maximum Gasteiger partial charge on any atom is 0.221 e. The molecule has 0 saturated carbocycles. The predicted octanol–water partition coefficient (Wildman–Crippen LogP) is 1.95. The first kappa shape index (κ1) is 16.0. The van der Waals surface area contributed by atoms with E-state index in [-0.39, 0.29) is 17.4 Å². The fourth-order valence-corrected chi connectivity index (χ4v) is 4.72. The second kappa shape index (κ2) is 6.81. The number of nitrogens with zero attached hydrogens (tertiary/aromatic N) is 2. The van der Waals surface area contributed by atoms with E-state index in [9.17, 15) is 4.79 Å². The van der Waals surface area contributed by atoms with Crippen LogP contribution in [0.4, 0.5) is 0 Å². The van der Waals surface area contributed by atoms with Crippen molar-refractivity contribution in [1.29, 1.82) is 0 Å². The van der Waals surface area contributed by atoms with Gasteiger partial charge < -0.3 is 15.0 Å². The molecular formula is C19H27N3O2. The number of rotatable bonds is 3. The summed E-state index contributed by atoms with van der Waals surface area (Å²) in [5, 5.41) is 3.33. The number of amides is 1. The minimum Gasteiger partial charge on any atom is -0.381 e. The lowest BCUT2D eigenvalue weighted by Gasteiger charge is -2.44. The Kier molecular flexibility index (Phi) is 4.55. The van der Waals surface area contributed by atoms with Crippen LogP contribution < -0.4 is 5.32 Å². The number of hydrogen-bond acceptors (Lipinski definition) is 4. The number of piperidine rings is 1. The molecular weight excluding hydrogens is 302 g/mol. The van der Waals surface area contributed by atoms with Crippen LogP contribution >= 0.6 is 0 Å². The Morgan fingerprint density at radius 3 is 2.79 bits per heavy atom. The summed E-state index contributed by atoms with van der Waals surface area (Å²) in [5.74, 6) is 1.24. The number of carbonyl (C=O) groups is 1. The van der Waals surface area contributed by atoms with Gasteiger partial charge in [0.15, 0.2) is 0 Å². The third kappa shape index (κ3) is 3.20. The van der Waals surface area contributed by atoms with Gasteiger partial charge in [0.05, 0.1) is 0 Å².